The number of ether oxygens (including phenoxy) is 1. The average molecular weight is 399 g/mol. The normalized spacial score (nSPS) is 32.7. The number of esters is 1. The summed E-state index contributed by atoms with van der Waals surface area (Å²) >= 11 is 0. The van der Waals surface area contributed by atoms with Crippen LogP contribution in [0, 0.1) is 35.5 Å². The molecule has 2 bridgehead atoms. The molecule has 1 heterocycles. The summed E-state index contributed by atoms with van der Waals surface area (Å²) in [6, 6.07) is 17.1. The molecule has 5 heteroatoms. The predicted octanol–water partition coefficient (Wildman–Crippen LogP) is 3.31. The second kappa shape index (κ2) is 6.39. The molecule has 2 aromatic carbocycles. The smallest absolute Gasteiger partial charge is 0.331 e. The fraction of sp³-hybridized carbons (Fsp3) is 0.320. The van der Waals surface area contributed by atoms with Crippen molar-refractivity contribution in [3.05, 3.63) is 66.7 Å². The topological polar surface area (TPSA) is 63.7 Å². The highest BCUT2D eigenvalue weighted by molar-refractivity contribution is 6.08. The van der Waals surface area contributed by atoms with Crippen LogP contribution < -0.4 is 4.74 Å². The van der Waals surface area contributed by atoms with E-state index >= 15 is 0 Å². The molecule has 1 aliphatic heterocycles. The van der Waals surface area contributed by atoms with Gasteiger partial charge in [-0.3, -0.25) is 14.5 Å². The lowest BCUT2D eigenvalue weighted by molar-refractivity contribution is -0.148. The van der Waals surface area contributed by atoms with Crippen LogP contribution in [0.15, 0.2) is 66.7 Å². The Kier molecular flexibility index (Phi) is 3.76. The second-order valence-corrected chi connectivity index (χ2v) is 8.78. The van der Waals surface area contributed by atoms with E-state index in [2.05, 4.69) is 12.2 Å². The number of hydrogen-bond acceptors (Lipinski definition) is 4. The zero-order chi connectivity index (χ0) is 20.4. The van der Waals surface area contributed by atoms with E-state index in [4.69, 9.17) is 4.74 Å². The van der Waals surface area contributed by atoms with Crippen LogP contribution in [-0.2, 0) is 14.4 Å². The maximum absolute atomic E-state index is 13.0. The van der Waals surface area contributed by atoms with Gasteiger partial charge in [0.15, 0.2) is 0 Å². The summed E-state index contributed by atoms with van der Waals surface area (Å²) in [5.41, 5.74) is 2.10. The van der Waals surface area contributed by atoms with Gasteiger partial charge in [-0.1, -0.05) is 54.6 Å². The van der Waals surface area contributed by atoms with Crippen LogP contribution in [0.2, 0.25) is 0 Å². The van der Waals surface area contributed by atoms with E-state index in [0.29, 0.717) is 17.6 Å². The van der Waals surface area contributed by atoms with Crippen molar-refractivity contribution in [2.75, 3.05) is 6.54 Å². The van der Waals surface area contributed by atoms with Gasteiger partial charge in [-0.05, 0) is 53.4 Å². The number of nitrogens with zero attached hydrogens (tertiary/aromatic N) is 1. The minimum Gasteiger partial charge on any atom is -0.425 e. The van der Waals surface area contributed by atoms with Gasteiger partial charge in [0.2, 0.25) is 11.8 Å². The van der Waals surface area contributed by atoms with Crippen LogP contribution in [-0.4, -0.2) is 29.2 Å². The lowest BCUT2D eigenvalue weighted by Gasteiger charge is -2.37. The molecule has 2 amide bonds. The van der Waals surface area contributed by atoms with Crippen LogP contribution in [0.4, 0.5) is 0 Å². The molecule has 7 rings (SSSR count). The molecule has 1 saturated heterocycles. The number of amides is 2. The van der Waals surface area contributed by atoms with Crippen LogP contribution >= 0.6 is 0 Å². The first-order valence-electron chi connectivity index (χ1n) is 10.5. The summed E-state index contributed by atoms with van der Waals surface area (Å²) in [6.45, 7) is -0.320. The molecule has 0 N–H and O–H groups in total. The highest BCUT2D eigenvalue weighted by Gasteiger charge is 2.67. The molecule has 150 valence electrons. The molecule has 2 aromatic rings. The molecule has 4 aliphatic carbocycles. The van der Waals surface area contributed by atoms with Gasteiger partial charge in [-0.25, -0.2) is 4.79 Å². The zero-order valence-electron chi connectivity index (χ0n) is 16.3. The maximum atomic E-state index is 13.0. The van der Waals surface area contributed by atoms with E-state index in [-0.39, 0.29) is 42.0 Å². The Labute approximate surface area is 174 Å². The predicted molar refractivity (Wildman–Crippen MR) is 109 cm³/mol. The van der Waals surface area contributed by atoms with Crippen molar-refractivity contribution in [1.29, 1.82) is 0 Å². The third-order valence-corrected chi connectivity index (χ3v) is 7.23. The monoisotopic (exact) mass is 399 g/mol. The minimum absolute atomic E-state index is 0.160. The van der Waals surface area contributed by atoms with E-state index in [9.17, 15) is 14.4 Å². The minimum atomic E-state index is -0.590. The molecule has 3 fully saturated rings. The van der Waals surface area contributed by atoms with Crippen molar-refractivity contribution >= 4 is 17.8 Å². The highest BCUT2D eigenvalue weighted by Crippen LogP contribution is 2.65. The van der Waals surface area contributed by atoms with E-state index in [1.807, 2.05) is 42.5 Å². The summed E-state index contributed by atoms with van der Waals surface area (Å²) < 4.78 is 5.42. The molecule has 5 aliphatic rings. The number of imide groups is 1. The van der Waals surface area contributed by atoms with Gasteiger partial charge in [-0.15, -0.1) is 0 Å². The van der Waals surface area contributed by atoms with Crippen molar-refractivity contribution in [2.24, 2.45) is 35.5 Å². The van der Waals surface area contributed by atoms with Gasteiger partial charge in [0.1, 0.15) is 12.3 Å². The summed E-state index contributed by atoms with van der Waals surface area (Å²) in [6.07, 6.45) is 5.37. The van der Waals surface area contributed by atoms with Crippen molar-refractivity contribution in [1.82, 2.24) is 4.90 Å². The average Bonchev–Trinajstić information content (AvgIpc) is 3.56. The Hall–Kier alpha value is -3.21. The Morgan fingerprint density at radius 3 is 2.00 bits per heavy atom. The Morgan fingerprint density at radius 2 is 1.40 bits per heavy atom. The standard InChI is InChI=1S/C25H21NO4/c27-21(30-16-8-6-15(7-9-16)14-4-2-1-3-5-14)13-26-24(28)22-17-10-11-18(20-12-19(17)20)23(22)25(26)29/h1-11,17-20,22-23H,12-13H2/t17-,18-,19-,20+,22-,23-/m1/s1. The van der Waals surface area contributed by atoms with Gasteiger partial charge >= 0.3 is 5.97 Å². The number of carbonyl (C=O) groups excluding carboxylic acids is 3. The molecule has 2 saturated carbocycles. The Balaban J connectivity index is 1.14. The SMILES string of the molecule is O=C(CN1C(=O)[C@@H]2[C@@H]3C=C[C@H]([C@@H]4C[C@H]34)[C@H]2C1=O)Oc1ccc(-c2ccccc2)cc1. The fourth-order valence-corrected chi connectivity index (χ4v) is 5.81. The van der Waals surface area contributed by atoms with Crippen molar-refractivity contribution in [2.45, 2.75) is 6.42 Å². The van der Waals surface area contributed by atoms with Gasteiger partial charge in [0.25, 0.3) is 0 Å². The second-order valence-electron chi connectivity index (χ2n) is 8.78. The Bertz CT molecular complexity index is 1040. The quantitative estimate of drug-likeness (QED) is 0.342. The van der Waals surface area contributed by atoms with Gasteiger partial charge in [0.05, 0.1) is 11.8 Å². The molecule has 0 spiro atoms. The molecule has 6 atom stereocenters. The van der Waals surface area contributed by atoms with Gasteiger partial charge in [-0.2, -0.15) is 0 Å². The first kappa shape index (κ1) is 17.6. The number of benzene rings is 2. The van der Waals surface area contributed by atoms with E-state index in [0.717, 1.165) is 22.4 Å². The molecule has 0 unspecified atom stereocenters. The third-order valence-electron chi connectivity index (χ3n) is 7.23. The summed E-state index contributed by atoms with van der Waals surface area (Å²) in [5.74, 6) is 0.259. The summed E-state index contributed by atoms with van der Waals surface area (Å²) in [5, 5.41) is 0. The van der Waals surface area contributed by atoms with Crippen molar-refractivity contribution < 1.29 is 19.1 Å². The third kappa shape index (κ3) is 2.58. The number of hydrogen-bond donors (Lipinski definition) is 0. The molecule has 0 aromatic heterocycles. The van der Waals surface area contributed by atoms with Gasteiger partial charge < -0.3 is 4.74 Å². The van der Waals surface area contributed by atoms with Crippen molar-refractivity contribution in [3.63, 3.8) is 0 Å². The van der Waals surface area contributed by atoms with Crippen LogP contribution in [0.1, 0.15) is 6.42 Å². The molecular formula is C25H21NO4. The lowest BCUT2D eigenvalue weighted by Crippen LogP contribution is -2.40. The van der Waals surface area contributed by atoms with E-state index in [1.54, 1.807) is 12.1 Å². The van der Waals surface area contributed by atoms with E-state index < -0.39 is 5.97 Å². The van der Waals surface area contributed by atoms with E-state index in [1.165, 1.54) is 0 Å². The van der Waals surface area contributed by atoms with Crippen LogP contribution in [0.3, 0.4) is 0 Å². The van der Waals surface area contributed by atoms with Crippen molar-refractivity contribution in [3.8, 4) is 16.9 Å². The summed E-state index contributed by atoms with van der Waals surface area (Å²) in [4.78, 5) is 39.5. The first-order chi connectivity index (χ1) is 14.6. The number of rotatable bonds is 4. The van der Waals surface area contributed by atoms with Crippen LogP contribution in [0.5, 0.6) is 5.75 Å². The first-order valence-corrected chi connectivity index (χ1v) is 10.5. The molecule has 30 heavy (non-hydrogen) atoms. The number of likely N-dealkylation sites (tertiary alicyclic amines) is 1. The number of allylic oxidation sites excluding steroid dienone is 2. The number of carbonyl (C=O) groups is 3. The lowest BCUT2D eigenvalue weighted by atomic mass is 9.63. The fourth-order valence-electron chi connectivity index (χ4n) is 5.81. The summed E-state index contributed by atoms with van der Waals surface area (Å²) in [7, 11) is 0. The maximum Gasteiger partial charge on any atom is 0.331 e. The largest absolute Gasteiger partial charge is 0.425 e. The zero-order valence-corrected chi connectivity index (χ0v) is 16.3. The molecular weight excluding hydrogens is 378 g/mol. The highest BCUT2D eigenvalue weighted by atomic mass is 16.5. The van der Waals surface area contributed by atoms with Crippen LogP contribution in [0.25, 0.3) is 11.1 Å². The van der Waals surface area contributed by atoms with Gasteiger partial charge in [0, 0.05) is 0 Å². The molecule has 0 radical (unpaired) electrons. The molecule has 5 nitrogen and oxygen atoms in total. The Morgan fingerprint density at radius 1 is 0.833 bits per heavy atom.